The Morgan fingerprint density at radius 1 is 0.879 bits per heavy atom. The molecule has 3 aromatic carbocycles. The molecule has 0 radical (unpaired) electrons. The number of sulfone groups is 1. The number of rotatable bonds is 8. The monoisotopic (exact) mass is 460 g/mol. The standard InChI is InChI=1S/C27H24O5S/c1-4-6-26(28)25(5-2)27(29)20-9-11-21(12-10-20)32-22-13-17-24(18-14-22)33(30,31)23-15-7-19(3)8-16-23/h4-18,28H,1H2,2-3H3/b25-5+,26-6+. The Morgan fingerprint density at radius 2 is 1.36 bits per heavy atom. The third-order valence-corrected chi connectivity index (χ3v) is 6.69. The average molecular weight is 461 g/mol. The Bertz CT molecular complexity index is 1310. The fourth-order valence-corrected chi connectivity index (χ4v) is 4.36. The van der Waals surface area contributed by atoms with E-state index in [4.69, 9.17) is 4.74 Å². The summed E-state index contributed by atoms with van der Waals surface area (Å²) in [6, 6.07) is 19.3. The van der Waals surface area contributed by atoms with Gasteiger partial charge in [-0.15, -0.1) is 0 Å². The molecule has 0 aliphatic carbocycles. The van der Waals surface area contributed by atoms with Crippen molar-refractivity contribution in [2.24, 2.45) is 0 Å². The number of hydrogen-bond donors (Lipinski definition) is 1. The minimum Gasteiger partial charge on any atom is -0.507 e. The number of aryl methyl sites for hydroxylation is 1. The molecule has 168 valence electrons. The lowest BCUT2D eigenvalue weighted by molar-refractivity contribution is 0.103. The molecule has 5 nitrogen and oxygen atoms in total. The maximum atomic E-state index is 12.8. The summed E-state index contributed by atoms with van der Waals surface area (Å²) in [5.41, 5.74) is 1.55. The van der Waals surface area contributed by atoms with Gasteiger partial charge in [0, 0.05) is 5.56 Å². The Balaban J connectivity index is 1.74. The highest BCUT2D eigenvalue weighted by atomic mass is 32.2. The van der Waals surface area contributed by atoms with Gasteiger partial charge < -0.3 is 9.84 Å². The van der Waals surface area contributed by atoms with Crippen molar-refractivity contribution in [3.8, 4) is 11.5 Å². The fourth-order valence-electron chi connectivity index (χ4n) is 3.10. The molecular formula is C27H24O5S. The molecule has 3 aromatic rings. The number of ether oxygens (including phenoxy) is 1. The summed E-state index contributed by atoms with van der Waals surface area (Å²) in [6.45, 7) is 7.08. The van der Waals surface area contributed by atoms with Gasteiger partial charge in [0.25, 0.3) is 0 Å². The predicted molar refractivity (Wildman–Crippen MR) is 129 cm³/mol. The molecule has 0 aliphatic heterocycles. The second-order valence-electron chi connectivity index (χ2n) is 7.23. The highest BCUT2D eigenvalue weighted by Gasteiger charge is 2.18. The first-order valence-electron chi connectivity index (χ1n) is 10.2. The first kappa shape index (κ1) is 23.8. The molecule has 0 saturated carbocycles. The smallest absolute Gasteiger partial charge is 0.206 e. The summed E-state index contributed by atoms with van der Waals surface area (Å²) in [7, 11) is -3.61. The third kappa shape index (κ3) is 5.48. The number of Topliss-reactive ketones (excluding diaryl/α,β-unsaturated/α-hetero) is 1. The number of allylic oxidation sites excluding steroid dienone is 4. The third-order valence-electron chi connectivity index (χ3n) is 4.90. The molecule has 0 heterocycles. The Hall–Kier alpha value is -3.90. The van der Waals surface area contributed by atoms with Crippen molar-refractivity contribution in [2.75, 3.05) is 0 Å². The second kappa shape index (κ2) is 10.1. The van der Waals surface area contributed by atoms with Crippen molar-refractivity contribution < 1.29 is 23.1 Å². The molecule has 3 rings (SSSR count). The van der Waals surface area contributed by atoms with Gasteiger partial charge in [-0.1, -0.05) is 36.4 Å². The molecule has 33 heavy (non-hydrogen) atoms. The maximum Gasteiger partial charge on any atom is 0.206 e. The first-order valence-corrected chi connectivity index (χ1v) is 11.7. The van der Waals surface area contributed by atoms with E-state index in [0.717, 1.165) is 5.56 Å². The van der Waals surface area contributed by atoms with Crippen LogP contribution in [-0.2, 0) is 9.84 Å². The van der Waals surface area contributed by atoms with E-state index in [2.05, 4.69) is 6.58 Å². The molecule has 0 spiro atoms. The van der Waals surface area contributed by atoms with Gasteiger partial charge in [-0.2, -0.15) is 0 Å². The van der Waals surface area contributed by atoms with E-state index in [1.807, 2.05) is 6.92 Å². The predicted octanol–water partition coefficient (Wildman–Crippen LogP) is 6.38. The van der Waals surface area contributed by atoms with Crippen molar-refractivity contribution in [1.29, 1.82) is 0 Å². The van der Waals surface area contributed by atoms with E-state index in [1.165, 1.54) is 30.4 Å². The quantitative estimate of drug-likeness (QED) is 0.183. The van der Waals surface area contributed by atoms with Crippen LogP contribution in [-0.4, -0.2) is 19.3 Å². The highest BCUT2D eigenvalue weighted by Crippen LogP contribution is 2.27. The van der Waals surface area contributed by atoms with Crippen molar-refractivity contribution in [1.82, 2.24) is 0 Å². The van der Waals surface area contributed by atoms with Crippen molar-refractivity contribution in [3.63, 3.8) is 0 Å². The topological polar surface area (TPSA) is 80.7 Å². The van der Waals surface area contributed by atoms with E-state index in [0.29, 0.717) is 17.1 Å². The number of benzene rings is 3. The van der Waals surface area contributed by atoms with E-state index in [1.54, 1.807) is 67.6 Å². The molecule has 6 heteroatoms. The lowest BCUT2D eigenvalue weighted by Crippen LogP contribution is -2.05. The Labute approximate surface area is 193 Å². The number of aliphatic hydroxyl groups excluding tert-OH is 1. The van der Waals surface area contributed by atoms with Crippen LogP contribution in [0.5, 0.6) is 11.5 Å². The number of ketones is 1. The minimum absolute atomic E-state index is 0.154. The molecule has 0 fully saturated rings. The van der Waals surface area contributed by atoms with E-state index in [-0.39, 0.29) is 26.9 Å². The van der Waals surface area contributed by atoms with Crippen LogP contribution < -0.4 is 4.74 Å². The van der Waals surface area contributed by atoms with Crippen LogP contribution in [0.3, 0.4) is 0 Å². The summed E-state index contributed by atoms with van der Waals surface area (Å²) in [5.74, 6) is 0.454. The van der Waals surface area contributed by atoms with E-state index < -0.39 is 9.84 Å². The first-order chi connectivity index (χ1) is 15.8. The molecule has 1 N–H and O–H groups in total. The van der Waals surface area contributed by atoms with Crippen LogP contribution in [0.1, 0.15) is 22.8 Å². The minimum atomic E-state index is -3.61. The molecule has 0 aliphatic rings. The van der Waals surface area contributed by atoms with Crippen LogP contribution in [0.25, 0.3) is 0 Å². The summed E-state index contributed by atoms with van der Waals surface area (Å²) >= 11 is 0. The van der Waals surface area contributed by atoms with Gasteiger partial charge in [0.2, 0.25) is 9.84 Å². The lowest BCUT2D eigenvalue weighted by Gasteiger charge is -2.09. The zero-order valence-corrected chi connectivity index (χ0v) is 19.2. The van der Waals surface area contributed by atoms with Gasteiger partial charge in [0.05, 0.1) is 15.4 Å². The van der Waals surface area contributed by atoms with Gasteiger partial charge in [0.15, 0.2) is 5.78 Å². The zero-order chi connectivity index (χ0) is 24.0. The van der Waals surface area contributed by atoms with Crippen LogP contribution in [0, 0.1) is 6.92 Å². The fraction of sp³-hybridized carbons (Fsp3) is 0.0741. The van der Waals surface area contributed by atoms with Gasteiger partial charge in [0.1, 0.15) is 17.3 Å². The van der Waals surface area contributed by atoms with Crippen molar-refractivity contribution >= 4 is 15.6 Å². The van der Waals surface area contributed by atoms with Crippen LogP contribution in [0.2, 0.25) is 0 Å². The summed E-state index contributed by atoms with van der Waals surface area (Å²) < 4.78 is 31.3. The molecule has 0 unspecified atom stereocenters. The second-order valence-corrected chi connectivity index (χ2v) is 9.18. The molecule has 0 aromatic heterocycles. The SMILES string of the molecule is C=C/C=C(O)\C(=C/C)C(=O)c1ccc(Oc2ccc(S(=O)(=O)c3ccc(C)cc3)cc2)cc1. The summed E-state index contributed by atoms with van der Waals surface area (Å²) in [4.78, 5) is 13.0. The normalized spacial score (nSPS) is 12.3. The molecular weight excluding hydrogens is 436 g/mol. The Morgan fingerprint density at radius 3 is 1.85 bits per heavy atom. The van der Waals surface area contributed by atoms with Crippen molar-refractivity contribution in [3.05, 3.63) is 120 Å². The lowest BCUT2D eigenvalue weighted by atomic mass is 10.0. The van der Waals surface area contributed by atoms with Crippen molar-refractivity contribution in [2.45, 2.75) is 23.6 Å². The summed E-state index contributed by atoms with van der Waals surface area (Å²) in [5, 5.41) is 9.99. The summed E-state index contributed by atoms with van der Waals surface area (Å²) in [6.07, 6.45) is 4.29. The molecule has 0 amide bonds. The van der Waals surface area contributed by atoms with Gasteiger partial charge >= 0.3 is 0 Å². The Kier molecular flexibility index (Phi) is 7.30. The number of aliphatic hydroxyl groups is 1. The number of carbonyl (C=O) groups excluding carboxylic acids is 1. The van der Waals surface area contributed by atoms with E-state index >= 15 is 0 Å². The number of hydrogen-bond acceptors (Lipinski definition) is 5. The largest absolute Gasteiger partial charge is 0.507 e. The van der Waals surface area contributed by atoms with E-state index in [9.17, 15) is 18.3 Å². The molecule has 0 bridgehead atoms. The van der Waals surface area contributed by atoms with Gasteiger partial charge in [-0.25, -0.2) is 8.42 Å². The number of carbonyl (C=O) groups is 1. The van der Waals surface area contributed by atoms with Crippen LogP contribution >= 0.6 is 0 Å². The average Bonchev–Trinajstić information content (AvgIpc) is 2.81. The zero-order valence-electron chi connectivity index (χ0n) is 18.4. The van der Waals surface area contributed by atoms with Crippen LogP contribution in [0.15, 0.2) is 119 Å². The highest BCUT2D eigenvalue weighted by molar-refractivity contribution is 7.91. The maximum absolute atomic E-state index is 12.8. The molecule has 0 saturated heterocycles. The van der Waals surface area contributed by atoms with Gasteiger partial charge in [-0.3, -0.25) is 4.79 Å². The van der Waals surface area contributed by atoms with Crippen LogP contribution in [0.4, 0.5) is 0 Å². The molecule has 0 atom stereocenters. The van der Waals surface area contributed by atoms with Gasteiger partial charge in [-0.05, 0) is 80.6 Å².